The highest BCUT2D eigenvalue weighted by atomic mass is 19.4. The summed E-state index contributed by atoms with van der Waals surface area (Å²) in [5.74, 6) is 4.59. The van der Waals surface area contributed by atoms with E-state index in [0.717, 1.165) is 6.07 Å². The van der Waals surface area contributed by atoms with Gasteiger partial charge in [-0.3, -0.25) is 10.6 Å². The lowest BCUT2D eigenvalue weighted by Gasteiger charge is -2.24. The summed E-state index contributed by atoms with van der Waals surface area (Å²) in [6.07, 6.45) is -3.32. The molecule has 0 radical (unpaired) electrons. The number of hydrazine groups is 1. The van der Waals surface area contributed by atoms with E-state index in [-0.39, 0.29) is 11.6 Å². The number of hydrogen-bond acceptors (Lipinski definition) is 4. The Morgan fingerprint density at radius 1 is 1.29 bits per heavy atom. The Hall–Kier alpha value is -1.80. The van der Waals surface area contributed by atoms with Crippen LogP contribution in [0, 0.1) is 0 Å². The van der Waals surface area contributed by atoms with Gasteiger partial charge in [-0.2, -0.15) is 13.2 Å². The number of nitrogens with one attached hydrogen (secondary N) is 2. The molecule has 1 heterocycles. The molecular weight excluding hydrogens is 287 g/mol. The number of ether oxygens (including phenoxy) is 1. The van der Waals surface area contributed by atoms with Crippen molar-refractivity contribution < 1.29 is 22.7 Å². The lowest BCUT2D eigenvalue weighted by molar-refractivity contribution is -0.137. The molecule has 0 spiro atoms. The average molecular weight is 303 g/mol. The predicted molar refractivity (Wildman–Crippen MR) is 70.6 cm³/mol. The number of alkyl halides is 3. The summed E-state index contributed by atoms with van der Waals surface area (Å²) >= 11 is 0. The number of halogens is 3. The molecule has 4 N–H and O–H groups in total. The number of amides is 1. The normalized spacial score (nSPS) is 16.6. The largest absolute Gasteiger partial charge is 0.418 e. The van der Waals surface area contributed by atoms with E-state index in [1.54, 1.807) is 0 Å². The van der Waals surface area contributed by atoms with Crippen LogP contribution in [0.4, 0.5) is 18.9 Å². The van der Waals surface area contributed by atoms with Gasteiger partial charge < -0.3 is 15.5 Å². The molecule has 1 saturated heterocycles. The van der Waals surface area contributed by atoms with Crippen molar-refractivity contribution in [1.82, 2.24) is 5.32 Å². The fourth-order valence-corrected chi connectivity index (χ4v) is 2.24. The third-order valence-electron chi connectivity index (χ3n) is 3.32. The van der Waals surface area contributed by atoms with Crippen LogP contribution in [0.3, 0.4) is 0 Å². The number of para-hydroxylation sites is 1. The molecule has 8 heteroatoms. The zero-order chi connectivity index (χ0) is 15.5. The van der Waals surface area contributed by atoms with Crippen molar-refractivity contribution in [3.8, 4) is 0 Å². The van der Waals surface area contributed by atoms with Gasteiger partial charge in [-0.05, 0) is 25.0 Å². The fourth-order valence-electron chi connectivity index (χ4n) is 2.24. The molecule has 0 bridgehead atoms. The minimum Gasteiger partial charge on any atom is -0.381 e. The van der Waals surface area contributed by atoms with E-state index in [2.05, 4.69) is 5.32 Å². The van der Waals surface area contributed by atoms with Gasteiger partial charge in [0.15, 0.2) is 0 Å². The van der Waals surface area contributed by atoms with E-state index >= 15 is 0 Å². The van der Waals surface area contributed by atoms with Gasteiger partial charge >= 0.3 is 6.18 Å². The lowest BCUT2D eigenvalue weighted by atomic mass is 10.0. The molecule has 1 aromatic carbocycles. The van der Waals surface area contributed by atoms with Crippen LogP contribution in [0.5, 0.6) is 0 Å². The third kappa shape index (κ3) is 3.64. The summed E-state index contributed by atoms with van der Waals surface area (Å²) in [6, 6.07) is 3.26. The molecule has 0 aromatic heterocycles. The number of benzene rings is 1. The zero-order valence-corrected chi connectivity index (χ0v) is 11.2. The number of nitrogen functional groups attached to an aromatic ring is 1. The average Bonchev–Trinajstić information content (AvgIpc) is 2.46. The summed E-state index contributed by atoms with van der Waals surface area (Å²) in [7, 11) is 0. The van der Waals surface area contributed by atoms with E-state index in [1.807, 2.05) is 5.43 Å². The monoisotopic (exact) mass is 303 g/mol. The van der Waals surface area contributed by atoms with E-state index in [0.29, 0.717) is 26.1 Å². The number of carbonyl (C=O) groups is 1. The first-order valence-electron chi connectivity index (χ1n) is 6.49. The SMILES string of the molecule is NNc1c(C(=O)NC2CCOCC2)cccc1C(F)(F)F. The maximum absolute atomic E-state index is 12.9. The quantitative estimate of drug-likeness (QED) is 0.589. The molecule has 0 unspecified atom stereocenters. The first-order chi connectivity index (χ1) is 9.93. The van der Waals surface area contributed by atoms with Gasteiger partial charge in [0.25, 0.3) is 5.91 Å². The Morgan fingerprint density at radius 2 is 1.95 bits per heavy atom. The Morgan fingerprint density at radius 3 is 2.52 bits per heavy atom. The van der Waals surface area contributed by atoms with E-state index in [1.165, 1.54) is 12.1 Å². The summed E-state index contributed by atoms with van der Waals surface area (Å²) < 4.78 is 43.8. The van der Waals surface area contributed by atoms with Gasteiger partial charge in [0.2, 0.25) is 0 Å². The number of nitrogens with two attached hydrogens (primary N) is 1. The molecule has 1 aliphatic rings. The second kappa shape index (κ2) is 6.31. The van der Waals surface area contributed by atoms with Crippen LogP contribution in [-0.2, 0) is 10.9 Å². The van der Waals surface area contributed by atoms with Gasteiger partial charge in [0, 0.05) is 19.3 Å². The van der Waals surface area contributed by atoms with Crippen molar-refractivity contribution in [2.75, 3.05) is 18.6 Å². The second-order valence-electron chi connectivity index (χ2n) is 4.73. The first-order valence-corrected chi connectivity index (χ1v) is 6.49. The molecule has 1 aliphatic heterocycles. The van der Waals surface area contributed by atoms with Gasteiger partial charge in [-0.15, -0.1) is 0 Å². The molecule has 21 heavy (non-hydrogen) atoms. The van der Waals surface area contributed by atoms with E-state index < -0.39 is 23.3 Å². The van der Waals surface area contributed by atoms with Crippen molar-refractivity contribution in [2.24, 2.45) is 5.84 Å². The van der Waals surface area contributed by atoms with Gasteiger partial charge in [0.1, 0.15) is 0 Å². The maximum Gasteiger partial charge on any atom is 0.418 e. The topological polar surface area (TPSA) is 76.4 Å². The standard InChI is InChI=1S/C13H16F3N3O2/c14-13(15,16)10-3-1-2-9(11(10)19-17)12(20)18-8-4-6-21-7-5-8/h1-3,8,19H,4-7,17H2,(H,18,20). The number of rotatable bonds is 3. The summed E-state index contributed by atoms with van der Waals surface area (Å²) in [6.45, 7) is 1.05. The predicted octanol–water partition coefficient (Wildman–Crippen LogP) is 1.90. The summed E-state index contributed by atoms with van der Waals surface area (Å²) in [5, 5.41) is 2.71. The minimum atomic E-state index is -4.59. The van der Waals surface area contributed by atoms with Crippen LogP contribution in [0.15, 0.2) is 18.2 Å². The van der Waals surface area contributed by atoms with Crippen LogP contribution in [0.2, 0.25) is 0 Å². The van der Waals surface area contributed by atoms with Crippen molar-refractivity contribution >= 4 is 11.6 Å². The van der Waals surface area contributed by atoms with Crippen molar-refractivity contribution in [3.05, 3.63) is 29.3 Å². The van der Waals surface area contributed by atoms with E-state index in [9.17, 15) is 18.0 Å². The first kappa shape index (κ1) is 15.6. The molecule has 1 amide bonds. The van der Waals surface area contributed by atoms with Crippen LogP contribution in [0.25, 0.3) is 0 Å². The molecule has 0 saturated carbocycles. The van der Waals surface area contributed by atoms with Crippen molar-refractivity contribution in [3.63, 3.8) is 0 Å². The summed E-state index contributed by atoms with van der Waals surface area (Å²) in [5.41, 5.74) is 0.468. The molecule has 0 aliphatic carbocycles. The Labute approximate surface area is 119 Å². The second-order valence-corrected chi connectivity index (χ2v) is 4.73. The Kier molecular flexibility index (Phi) is 4.69. The third-order valence-corrected chi connectivity index (χ3v) is 3.32. The fraction of sp³-hybridized carbons (Fsp3) is 0.462. The Balaban J connectivity index is 2.24. The smallest absolute Gasteiger partial charge is 0.381 e. The van der Waals surface area contributed by atoms with Gasteiger partial charge in [0.05, 0.1) is 16.8 Å². The molecule has 5 nitrogen and oxygen atoms in total. The zero-order valence-electron chi connectivity index (χ0n) is 11.2. The molecule has 1 fully saturated rings. The highest BCUT2D eigenvalue weighted by Gasteiger charge is 2.35. The van der Waals surface area contributed by atoms with Crippen molar-refractivity contribution in [1.29, 1.82) is 0 Å². The number of anilines is 1. The highest BCUT2D eigenvalue weighted by molar-refractivity contribution is 6.00. The molecule has 116 valence electrons. The number of hydrogen-bond donors (Lipinski definition) is 3. The van der Waals surface area contributed by atoms with Gasteiger partial charge in [-0.1, -0.05) is 6.07 Å². The summed E-state index contributed by atoms with van der Waals surface area (Å²) in [4.78, 5) is 12.2. The maximum atomic E-state index is 12.9. The van der Waals surface area contributed by atoms with Crippen LogP contribution in [0.1, 0.15) is 28.8 Å². The van der Waals surface area contributed by atoms with E-state index in [4.69, 9.17) is 10.6 Å². The molecule has 0 atom stereocenters. The molecular formula is C13H16F3N3O2. The van der Waals surface area contributed by atoms with Crippen LogP contribution < -0.4 is 16.6 Å². The Bertz CT molecular complexity index is 514. The van der Waals surface area contributed by atoms with Crippen LogP contribution >= 0.6 is 0 Å². The minimum absolute atomic E-state index is 0.105. The van der Waals surface area contributed by atoms with Gasteiger partial charge in [-0.25, -0.2) is 0 Å². The number of carbonyl (C=O) groups excluding carboxylic acids is 1. The lowest BCUT2D eigenvalue weighted by Crippen LogP contribution is -2.39. The van der Waals surface area contributed by atoms with Crippen LogP contribution in [-0.4, -0.2) is 25.2 Å². The molecule has 2 rings (SSSR count). The highest BCUT2D eigenvalue weighted by Crippen LogP contribution is 2.36. The van der Waals surface area contributed by atoms with Crippen molar-refractivity contribution in [2.45, 2.75) is 25.1 Å². The molecule has 1 aromatic rings.